The Labute approximate surface area is 100 Å². The first-order valence-electron chi connectivity index (χ1n) is 5.43. The molecular formula is C13H18HfO. The van der Waals surface area contributed by atoms with Crippen LogP contribution in [0, 0.1) is 0 Å². The standard InChI is InChI=1S/2C5H5.C2H5O.CH3.Hf/c2*1-2-4-5-3-1;1-2-3;;/h2*1-3H,4H2;2H2,1H3;1H3;/q;;-1;;+1. The Kier molecular flexibility index (Phi) is 6.11. The van der Waals surface area contributed by atoms with Gasteiger partial charge < -0.3 is 5.11 Å². The molecule has 0 radical (unpaired) electrons. The van der Waals surface area contributed by atoms with Gasteiger partial charge >= 0.3 is 82.1 Å². The van der Waals surface area contributed by atoms with Crippen molar-refractivity contribution in [3.8, 4) is 0 Å². The van der Waals surface area contributed by atoms with Gasteiger partial charge in [0.15, 0.2) is 0 Å². The summed E-state index contributed by atoms with van der Waals surface area (Å²) in [6, 6.07) is 0. The first-order valence-corrected chi connectivity index (χ1v) is 12.6. The van der Waals surface area contributed by atoms with Crippen molar-refractivity contribution >= 4 is 0 Å². The van der Waals surface area contributed by atoms with Gasteiger partial charge in [0.25, 0.3) is 0 Å². The Morgan fingerprint density at radius 3 is 1.80 bits per heavy atom. The molecule has 0 bridgehead atoms. The normalized spacial score (nSPS) is 17.0. The molecular weight excluding hydrogens is 351 g/mol. The summed E-state index contributed by atoms with van der Waals surface area (Å²) in [5, 5.41) is 8.93. The fourth-order valence-electron chi connectivity index (χ4n) is 1.66. The summed E-state index contributed by atoms with van der Waals surface area (Å²) < 4.78 is 6.06. The van der Waals surface area contributed by atoms with Crippen molar-refractivity contribution in [1.29, 1.82) is 0 Å². The number of rotatable bonds is 2. The number of allylic oxidation sites excluding steroid dienone is 8. The van der Waals surface area contributed by atoms with Crippen LogP contribution in [0.5, 0.6) is 0 Å². The van der Waals surface area contributed by atoms with E-state index in [0.29, 0.717) is 0 Å². The Balaban J connectivity index is 0.000000337. The van der Waals surface area contributed by atoms with Crippen LogP contribution in [-0.2, 0) is 21.4 Å². The van der Waals surface area contributed by atoms with Crippen LogP contribution in [0.1, 0.15) is 19.8 Å². The van der Waals surface area contributed by atoms with E-state index in [1.165, 1.54) is 12.8 Å². The molecule has 0 amide bonds. The van der Waals surface area contributed by atoms with Gasteiger partial charge in [0.05, 0.1) is 0 Å². The monoisotopic (exact) mass is 370 g/mol. The van der Waals surface area contributed by atoms with Crippen LogP contribution < -0.4 is 5.11 Å². The fraction of sp³-hybridized carbons (Fsp3) is 0.385. The zero-order valence-electron chi connectivity index (χ0n) is 9.49. The molecule has 0 heterocycles. The van der Waals surface area contributed by atoms with Crippen LogP contribution in [0.3, 0.4) is 0 Å². The second-order valence-corrected chi connectivity index (χ2v) is 12.7. The predicted molar refractivity (Wildman–Crippen MR) is 60.1 cm³/mol. The minimum absolute atomic E-state index is 0. The molecule has 0 saturated heterocycles. The van der Waals surface area contributed by atoms with Crippen LogP contribution in [0.25, 0.3) is 0 Å². The van der Waals surface area contributed by atoms with Gasteiger partial charge in [0, 0.05) is 0 Å². The molecule has 2 rings (SSSR count). The van der Waals surface area contributed by atoms with Gasteiger partial charge in [-0.15, -0.1) is 6.61 Å². The maximum absolute atomic E-state index is 8.93. The molecule has 0 fully saturated rings. The minimum atomic E-state index is -1.43. The van der Waals surface area contributed by atoms with Gasteiger partial charge in [-0.2, -0.15) is 0 Å². The molecule has 2 aliphatic rings. The molecule has 0 saturated carbocycles. The molecule has 0 unspecified atom stereocenters. The molecule has 2 heteroatoms. The molecule has 0 atom stereocenters. The van der Waals surface area contributed by atoms with Crippen molar-refractivity contribution in [3.63, 3.8) is 0 Å². The summed E-state index contributed by atoms with van der Waals surface area (Å²) in [5.41, 5.74) is 0. The third-order valence-electron chi connectivity index (χ3n) is 2.51. The summed E-state index contributed by atoms with van der Waals surface area (Å²) in [7, 11) is 0. The van der Waals surface area contributed by atoms with Gasteiger partial charge in [-0.3, -0.25) is 0 Å². The van der Waals surface area contributed by atoms with E-state index in [1.807, 2.05) is 0 Å². The quantitative estimate of drug-likeness (QED) is 0.687. The van der Waals surface area contributed by atoms with E-state index in [9.17, 15) is 0 Å². The third-order valence-corrected chi connectivity index (χ3v) is 12.1. The zero-order valence-corrected chi connectivity index (χ0v) is 13.1. The van der Waals surface area contributed by atoms with Crippen molar-refractivity contribution in [2.45, 2.75) is 24.4 Å². The molecule has 0 aliphatic heterocycles. The van der Waals surface area contributed by atoms with Crippen molar-refractivity contribution in [2.75, 3.05) is 6.61 Å². The van der Waals surface area contributed by atoms with Crippen molar-refractivity contribution in [1.82, 2.24) is 0 Å². The Morgan fingerprint density at radius 1 is 1.13 bits per heavy atom. The van der Waals surface area contributed by atoms with Gasteiger partial charge in [0.2, 0.25) is 0 Å². The van der Waals surface area contributed by atoms with E-state index < -0.39 is 21.4 Å². The Hall–Kier alpha value is -0.210. The molecule has 0 aromatic rings. The Morgan fingerprint density at radius 2 is 1.53 bits per heavy atom. The van der Waals surface area contributed by atoms with Gasteiger partial charge in [-0.05, 0) is 0 Å². The molecule has 2 aliphatic carbocycles. The number of hydrogen-bond acceptors (Lipinski definition) is 1. The van der Waals surface area contributed by atoms with Crippen LogP contribution >= 0.6 is 0 Å². The number of hydrogen-bond donors (Lipinski definition) is 0. The molecule has 0 aromatic heterocycles. The van der Waals surface area contributed by atoms with E-state index in [2.05, 4.69) is 41.1 Å². The fourth-order valence-corrected chi connectivity index (χ4v) is 8.67. The maximum atomic E-state index is 8.93. The molecule has 15 heavy (non-hydrogen) atoms. The van der Waals surface area contributed by atoms with Crippen LogP contribution in [-0.4, -0.2) is 6.61 Å². The molecule has 0 N–H and O–H groups in total. The van der Waals surface area contributed by atoms with Crippen LogP contribution in [0.15, 0.2) is 43.1 Å². The summed E-state index contributed by atoms with van der Waals surface area (Å²) in [4.78, 5) is 0. The summed E-state index contributed by atoms with van der Waals surface area (Å²) in [6.45, 7) is 1.57. The van der Waals surface area contributed by atoms with E-state index in [4.69, 9.17) is 5.11 Å². The van der Waals surface area contributed by atoms with Gasteiger partial charge in [0.1, 0.15) is 0 Å². The zero-order chi connectivity index (χ0) is 11.1. The topological polar surface area (TPSA) is 23.1 Å². The van der Waals surface area contributed by atoms with Gasteiger partial charge in [-0.1, -0.05) is 6.92 Å². The summed E-state index contributed by atoms with van der Waals surface area (Å²) >= 11 is -1.43. The van der Waals surface area contributed by atoms with E-state index in [0.717, 1.165) is 0 Å². The molecule has 0 aromatic carbocycles. The Bertz CT molecular complexity index is 280. The SMILES string of the molecule is CC[O-].[CH3][Hf+]([C]1=CC=CC1)[C]1=CC=CC1. The van der Waals surface area contributed by atoms with E-state index in [1.54, 1.807) is 13.6 Å². The second-order valence-electron chi connectivity index (χ2n) is 3.56. The predicted octanol–water partition coefficient (Wildman–Crippen LogP) is 2.71. The molecule has 1 nitrogen and oxygen atoms in total. The van der Waals surface area contributed by atoms with Crippen LogP contribution in [0.2, 0.25) is 4.68 Å². The van der Waals surface area contributed by atoms with Crippen LogP contribution in [0.4, 0.5) is 0 Å². The van der Waals surface area contributed by atoms with E-state index in [-0.39, 0.29) is 6.61 Å². The van der Waals surface area contributed by atoms with Gasteiger partial charge in [-0.25, -0.2) is 0 Å². The molecule has 0 spiro atoms. The van der Waals surface area contributed by atoms with E-state index >= 15 is 0 Å². The third kappa shape index (κ3) is 4.04. The summed E-state index contributed by atoms with van der Waals surface area (Å²) in [6.07, 6.45) is 16.2. The first-order chi connectivity index (χ1) is 7.29. The van der Waals surface area contributed by atoms with Crippen molar-refractivity contribution in [3.05, 3.63) is 43.1 Å². The average Bonchev–Trinajstić information content (AvgIpc) is 2.92. The van der Waals surface area contributed by atoms with Crippen molar-refractivity contribution < 1.29 is 26.5 Å². The summed E-state index contributed by atoms with van der Waals surface area (Å²) in [5.74, 6) is 0. The van der Waals surface area contributed by atoms with Crippen molar-refractivity contribution in [2.24, 2.45) is 0 Å². The molecule has 80 valence electrons. The second kappa shape index (κ2) is 7.13. The first kappa shape index (κ1) is 12.9. The average molecular weight is 369 g/mol.